The van der Waals surface area contributed by atoms with Crippen LogP contribution in [0.25, 0.3) is 5.65 Å². The minimum Gasteiger partial charge on any atom is -0.485 e. The molecule has 1 aliphatic rings. The number of halogens is 3. The zero-order chi connectivity index (χ0) is 25.2. The fourth-order valence-electron chi connectivity index (χ4n) is 4.30. The van der Waals surface area contributed by atoms with E-state index in [0.717, 1.165) is 25.2 Å². The van der Waals surface area contributed by atoms with Gasteiger partial charge in [0.1, 0.15) is 29.8 Å². The maximum Gasteiger partial charge on any atom is 0.274 e. The highest BCUT2D eigenvalue weighted by Crippen LogP contribution is 2.26. The topological polar surface area (TPSA) is 70.9 Å². The summed E-state index contributed by atoms with van der Waals surface area (Å²) < 4.78 is 50.0. The number of rotatable bonds is 6. The Morgan fingerprint density at radius 1 is 1.06 bits per heavy atom. The number of amides is 1. The molecule has 1 amide bonds. The van der Waals surface area contributed by atoms with Gasteiger partial charge < -0.3 is 20.3 Å². The summed E-state index contributed by atoms with van der Waals surface area (Å²) in [4.78, 5) is 19.5. The van der Waals surface area contributed by atoms with Crippen LogP contribution in [-0.2, 0) is 6.61 Å². The van der Waals surface area contributed by atoms with Crippen LogP contribution in [0.5, 0.6) is 5.75 Å². The first-order valence-electron chi connectivity index (χ1n) is 11.5. The van der Waals surface area contributed by atoms with Crippen molar-refractivity contribution in [3.05, 3.63) is 89.1 Å². The van der Waals surface area contributed by atoms with Gasteiger partial charge in [-0.25, -0.2) is 18.2 Å². The Labute approximate surface area is 205 Å². The third-order valence-corrected chi connectivity index (χ3v) is 6.10. The first-order chi connectivity index (χ1) is 17.4. The summed E-state index contributed by atoms with van der Waals surface area (Å²) >= 11 is 0. The van der Waals surface area contributed by atoms with Gasteiger partial charge in [0.15, 0.2) is 11.4 Å². The molecule has 0 atom stereocenters. The number of fused-ring (bicyclic) bond motifs is 1. The average molecular weight is 496 g/mol. The van der Waals surface area contributed by atoms with Crippen molar-refractivity contribution >= 4 is 22.9 Å². The molecule has 0 radical (unpaired) electrons. The Balaban J connectivity index is 1.37. The van der Waals surface area contributed by atoms with Crippen LogP contribution in [0.3, 0.4) is 0 Å². The van der Waals surface area contributed by atoms with E-state index in [4.69, 9.17) is 4.74 Å². The van der Waals surface area contributed by atoms with Crippen LogP contribution < -0.4 is 20.3 Å². The summed E-state index contributed by atoms with van der Waals surface area (Å²) in [6, 6.07) is 11.5. The van der Waals surface area contributed by atoms with Gasteiger partial charge in [0.05, 0.1) is 16.9 Å². The van der Waals surface area contributed by atoms with Gasteiger partial charge in [-0.3, -0.25) is 9.20 Å². The minimum absolute atomic E-state index is 0.202. The molecule has 2 aromatic carbocycles. The second kappa shape index (κ2) is 9.90. The van der Waals surface area contributed by atoms with Gasteiger partial charge in [-0.1, -0.05) is 6.07 Å². The summed E-state index contributed by atoms with van der Waals surface area (Å²) in [5.74, 6) is -2.06. The van der Waals surface area contributed by atoms with E-state index in [9.17, 15) is 18.0 Å². The highest BCUT2D eigenvalue weighted by atomic mass is 19.1. The Bertz CT molecular complexity index is 1410. The van der Waals surface area contributed by atoms with E-state index in [0.29, 0.717) is 35.8 Å². The molecule has 0 bridgehead atoms. The SMILES string of the molecule is Cc1nc2c(OCc3c(F)cccc3F)cccn2c1C(=O)Nc1ccc(N2CCNCC2)c(F)c1. The van der Waals surface area contributed by atoms with Crippen molar-refractivity contribution in [2.24, 2.45) is 0 Å². The number of hydrogen-bond donors (Lipinski definition) is 2. The molecule has 36 heavy (non-hydrogen) atoms. The zero-order valence-electron chi connectivity index (χ0n) is 19.5. The molecule has 0 spiro atoms. The normalized spacial score (nSPS) is 13.7. The number of carbonyl (C=O) groups is 1. The van der Waals surface area contributed by atoms with E-state index in [1.807, 2.05) is 4.90 Å². The van der Waals surface area contributed by atoms with E-state index in [-0.39, 0.29) is 23.6 Å². The van der Waals surface area contributed by atoms with Crippen LogP contribution in [0.2, 0.25) is 0 Å². The van der Waals surface area contributed by atoms with Crippen molar-refractivity contribution in [3.8, 4) is 5.75 Å². The smallest absolute Gasteiger partial charge is 0.274 e. The zero-order valence-corrected chi connectivity index (χ0v) is 19.5. The summed E-state index contributed by atoms with van der Waals surface area (Å²) in [6.07, 6.45) is 1.63. The number of nitrogens with one attached hydrogen (secondary N) is 2. The predicted octanol–water partition coefficient (Wildman–Crippen LogP) is 4.30. The molecule has 1 aliphatic heterocycles. The van der Waals surface area contributed by atoms with Gasteiger partial charge in [-0.05, 0) is 49.4 Å². The average Bonchev–Trinajstić information content (AvgIpc) is 3.21. The molecule has 2 N–H and O–H groups in total. The van der Waals surface area contributed by atoms with E-state index < -0.39 is 23.4 Å². The molecule has 1 saturated heterocycles. The molecule has 2 aromatic heterocycles. The summed E-state index contributed by atoms with van der Waals surface area (Å²) in [5.41, 5.74) is 1.57. The third kappa shape index (κ3) is 4.59. The first kappa shape index (κ1) is 23.7. The van der Waals surface area contributed by atoms with Crippen molar-refractivity contribution < 1.29 is 22.7 Å². The minimum atomic E-state index is -0.711. The molecule has 4 aromatic rings. The van der Waals surface area contributed by atoms with Crippen LogP contribution in [0.1, 0.15) is 21.7 Å². The van der Waals surface area contributed by atoms with Gasteiger partial charge in [-0.15, -0.1) is 0 Å². The molecule has 1 fully saturated rings. The van der Waals surface area contributed by atoms with Crippen molar-refractivity contribution in [2.75, 3.05) is 36.4 Å². The number of benzene rings is 2. The number of nitrogens with zero attached hydrogens (tertiary/aromatic N) is 3. The molecule has 186 valence electrons. The Hall–Kier alpha value is -4.05. The third-order valence-electron chi connectivity index (χ3n) is 6.10. The van der Waals surface area contributed by atoms with Crippen LogP contribution in [-0.4, -0.2) is 41.5 Å². The van der Waals surface area contributed by atoms with Crippen LogP contribution in [0, 0.1) is 24.4 Å². The number of hydrogen-bond acceptors (Lipinski definition) is 5. The molecule has 10 heteroatoms. The number of piperazine rings is 1. The molecule has 5 rings (SSSR count). The number of aromatic nitrogens is 2. The Kier molecular flexibility index (Phi) is 6.51. The predicted molar refractivity (Wildman–Crippen MR) is 130 cm³/mol. The largest absolute Gasteiger partial charge is 0.485 e. The number of pyridine rings is 1. The van der Waals surface area contributed by atoms with Gasteiger partial charge in [0.2, 0.25) is 0 Å². The van der Waals surface area contributed by atoms with Crippen molar-refractivity contribution in [2.45, 2.75) is 13.5 Å². The lowest BCUT2D eigenvalue weighted by Crippen LogP contribution is -2.43. The molecule has 7 nitrogen and oxygen atoms in total. The molecule has 0 aliphatic carbocycles. The van der Waals surface area contributed by atoms with Gasteiger partial charge in [0, 0.05) is 38.1 Å². The van der Waals surface area contributed by atoms with Gasteiger partial charge >= 0.3 is 0 Å². The fraction of sp³-hybridized carbons (Fsp3) is 0.231. The standard InChI is InChI=1S/C26H24F3N5O2/c1-16-24(26(35)32-17-7-8-22(21(29)14-17)33-12-9-30-10-13-33)34-11-3-6-23(25(34)31-16)36-15-18-19(27)4-2-5-20(18)28/h2-8,11,14,30H,9-10,12-13,15H2,1H3,(H,32,35). The number of aryl methyl sites for hydroxylation is 1. The van der Waals surface area contributed by atoms with E-state index in [1.54, 1.807) is 37.4 Å². The number of carbonyl (C=O) groups excluding carboxylic acids is 1. The quantitative estimate of drug-likeness (QED) is 0.418. The lowest BCUT2D eigenvalue weighted by Gasteiger charge is -2.29. The van der Waals surface area contributed by atoms with Crippen LogP contribution >= 0.6 is 0 Å². The van der Waals surface area contributed by atoms with E-state index in [1.165, 1.54) is 16.5 Å². The van der Waals surface area contributed by atoms with E-state index in [2.05, 4.69) is 15.6 Å². The van der Waals surface area contributed by atoms with Crippen LogP contribution in [0.4, 0.5) is 24.5 Å². The molecule has 3 heterocycles. The van der Waals surface area contributed by atoms with Crippen molar-refractivity contribution in [3.63, 3.8) is 0 Å². The highest BCUT2D eigenvalue weighted by molar-refractivity contribution is 6.04. The van der Waals surface area contributed by atoms with Crippen molar-refractivity contribution in [1.29, 1.82) is 0 Å². The van der Waals surface area contributed by atoms with Crippen molar-refractivity contribution in [1.82, 2.24) is 14.7 Å². The second-order valence-corrected chi connectivity index (χ2v) is 8.46. The lowest BCUT2D eigenvalue weighted by molar-refractivity contribution is 0.102. The van der Waals surface area contributed by atoms with Gasteiger partial charge in [-0.2, -0.15) is 0 Å². The monoisotopic (exact) mass is 495 g/mol. The number of anilines is 2. The highest BCUT2D eigenvalue weighted by Gasteiger charge is 2.21. The molecular formula is C26H24F3N5O2. The second-order valence-electron chi connectivity index (χ2n) is 8.46. The number of imidazole rings is 1. The summed E-state index contributed by atoms with van der Waals surface area (Å²) in [6.45, 7) is 4.30. The molecular weight excluding hydrogens is 471 g/mol. The fourth-order valence-corrected chi connectivity index (χ4v) is 4.30. The summed E-state index contributed by atoms with van der Waals surface area (Å²) in [7, 11) is 0. The molecule has 0 unspecified atom stereocenters. The maximum atomic E-state index is 14.8. The number of ether oxygens (including phenoxy) is 1. The lowest BCUT2D eigenvalue weighted by atomic mass is 10.2. The maximum absolute atomic E-state index is 14.8. The van der Waals surface area contributed by atoms with Crippen LogP contribution in [0.15, 0.2) is 54.7 Å². The van der Waals surface area contributed by atoms with E-state index >= 15 is 0 Å². The Morgan fingerprint density at radius 3 is 2.53 bits per heavy atom. The Morgan fingerprint density at radius 2 is 1.81 bits per heavy atom. The summed E-state index contributed by atoms with van der Waals surface area (Å²) in [5, 5.41) is 5.96. The van der Waals surface area contributed by atoms with Gasteiger partial charge in [0.25, 0.3) is 5.91 Å². The first-order valence-corrected chi connectivity index (χ1v) is 11.5. The molecule has 0 saturated carbocycles.